The Morgan fingerprint density at radius 3 is 2.57 bits per heavy atom. The summed E-state index contributed by atoms with van der Waals surface area (Å²) in [5.74, 6) is -0.571. The number of para-hydroxylation sites is 1. The molecule has 28 heavy (non-hydrogen) atoms. The SMILES string of the molecule is CCc1cccc(C)c1NC(=O)COC(=O)CSc1ccc2ccccc2c1. The number of hydrogen-bond acceptors (Lipinski definition) is 4. The highest BCUT2D eigenvalue weighted by atomic mass is 32.2. The van der Waals surface area contributed by atoms with E-state index in [1.54, 1.807) is 0 Å². The summed E-state index contributed by atoms with van der Waals surface area (Å²) in [4.78, 5) is 25.2. The Kier molecular flexibility index (Phi) is 6.71. The Morgan fingerprint density at radius 1 is 1.00 bits per heavy atom. The minimum Gasteiger partial charge on any atom is -0.455 e. The molecule has 1 N–H and O–H groups in total. The Bertz CT molecular complexity index is 1000. The van der Waals surface area contributed by atoms with Crippen LogP contribution in [-0.2, 0) is 20.7 Å². The molecule has 0 atom stereocenters. The lowest BCUT2D eigenvalue weighted by Gasteiger charge is -2.13. The summed E-state index contributed by atoms with van der Waals surface area (Å²) in [7, 11) is 0. The van der Waals surface area contributed by atoms with E-state index in [9.17, 15) is 9.59 Å². The Morgan fingerprint density at radius 2 is 1.79 bits per heavy atom. The molecular weight excluding hydrogens is 370 g/mol. The molecule has 0 heterocycles. The lowest BCUT2D eigenvalue weighted by Crippen LogP contribution is -2.22. The van der Waals surface area contributed by atoms with Crippen LogP contribution in [-0.4, -0.2) is 24.2 Å². The lowest BCUT2D eigenvalue weighted by molar-refractivity contribution is -0.144. The van der Waals surface area contributed by atoms with Gasteiger partial charge in [-0.05, 0) is 47.4 Å². The van der Waals surface area contributed by atoms with Gasteiger partial charge in [-0.2, -0.15) is 0 Å². The van der Waals surface area contributed by atoms with Gasteiger partial charge in [-0.3, -0.25) is 9.59 Å². The van der Waals surface area contributed by atoms with Crippen molar-refractivity contribution in [3.05, 3.63) is 71.8 Å². The third kappa shape index (κ3) is 5.14. The normalized spacial score (nSPS) is 10.6. The summed E-state index contributed by atoms with van der Waals surface area (Å²) in [5, 5.41) is 5.15. The van der Waals surface area contributed by atoms with Crippen LogP contribution in [0.2, 0.25) is 0 Å². The van der Waals surface area contributed by atoms with Crippen LogP contribution in [0.3, 0.4) is 0 Å². The summed E-state index contributed by atoms with van der Waals surface area (Å²) in [6.45, 7) is 3.70. The molecule has 3 aromatic carbocycles. The average Bonchev–Trinajstić information content (AvgIpc) is 2.72. The minimum absolute atomic E-state index is 0.163. The monoisotopic (exact) mass is 393 g/mol. The maximum atomic E-state index is 12.2. The predicted molar refractivity (Wildman–Crippen MR) is 115 cm³/mol. The molecule has 3 aromatic rings. The number of aryl methyl sites for hydroxylation is 2. The fraction of sp³-hybridized carbons (Fsp3) is 0.217. The van der Waals surface area contributed by atoms with E-state index in [0.29, 0.717) is 0 Å². The summed E-state index contributed by atoms with van der Waals surface area (Å²) >= 11 is 1.40. The Hall–Kier alpha value is -2.79. The van der Waals surface area contributed by atoms with Gasteiger partial charge < -0.3 is 10.1 Å². The van der Waals surface area contributed by atoms with Crippen molar-refractivity contribution < 1.29 is 14.3 Å². The second-order valence-electron chi connectivity index (χ2n) is 6.47. The molecule has 5 heteroatoms. The van der Waals surface area contributed by atoms with Crippen molar-refractivity contribution in [3.8, 4) is 0 Å². The van der Waals surface area contributed by atoms with Crippen LogP contribution in [0.25, 0.3) is 10.8 Å². The van der Waals surface area contributed by atoms with Gasteiger partial charge in [0.15, 0.2) is 6.61 Å². The topological polar surface area (TPSA) is 55.4 Å². The number of thioether (sulfide) groups is 1. The molecule has 0 saturated heterocycles. The number of amides is 1. The molecule has 0 aromatic heterocycles. The zero-order valence-corrected chi connectivity index (χ0v) is 16.8. The van der Waals surface area contributed by atoms with Crippen LogP contribution >= 0.6 is 11.8 Å². The van der Waals surface area contributed by atoms with Gasteiger partial charge >= 0.3 is 5.97 Å². The van der Waals surface area contributed by atoms with Gasteiger partial charge in [0.2, 0.25) is 0 Å². The highest BCUT2D eigenvalue weighted by Gasteiger charge is 2.12. The number of carbonyl (C=O) groups is 2. The molecule has 3 rings (SSSR count). The van der Waals surface area contributed by atoms with Crippen molar-refractivity contribution in [2.75, 3.05) is 17.7 Å². The number of benzene rings is 3. The van der Waals surface area contributed by atoms with Crippen LogP contribution in [0, 0.1) is 6.92 Å². The molecule has 4 nitrogen and oxygen atoms in total. The molecule has 0 spiro atoms. The van der Waals surface area contributed by atoms with E-state index in [1.165, 1.54) is 11.8 Å². The van der Waals surface area contributed by atoms with Crippen molar-refractivity contribution >= 4 is 40.1 Å². The van der Waals surface area contributed by atoms with Gasteiger partial charge in [-0.1, -0.05) is 55.5 Å². The first-order chi connectivity index (χ1) is 13.6. The van der Waals surface area contributed by atoms with E-state index >= 15 is 0 Å². The molecule has 0 saturated carbocycles. The molecule has 0 fully saturated rings. The van der Waals surface area contributed by atoms with Crippen molar-refractivity contribution in [3.63, 3.8) is 0 Å². The zero-order chi connectivity index (χ0) is 19.9. The number of esters is 1. The van der Waals surface area contributed by atoms with E-state index in [1.807, 2.05) is 68.4 Å². The number of fused-ring (bicyclic) bond motifs is 1. The summed E-state index contributed by atoms with van der Waals surface area (Å²) in [6, 6.07) is 20.0. The highest BCUT2D eigenvalue weighted by molar-refractivity contribution is 8.00. The molecule has 0 aliphatic heterocycles. The second kappa shape index (κ2) is 9.42. The van der Waals surface area contributed by atoms with E-state index in [2.05, 4.69) is 11.4 Å². The Labute approximate surface area is 169 Å². The Balaban J connectivity index is 1.49. The van der Waals surface area contributed by atoms with Crippen LogP contribution in [0.15, 0.2) is 65.6 Å². The van der Waals surface area contributed by atoms with E-state index in [-0.39, 0.29) is 18.3 Å². The highest BCUT2D eigenvalue weighted by Crippen LogP contribution is 2.24. The van der Waals surface area contributed by atoms with Crippen molar-refractivity contribution in [1.82, 2.24) is 0 Å². The lowest BCUT2D eigenvalue weighted by atomic mass is 10.1. The van der Waals surface area contributed by atoms with Crippen LogP contribution < -0.4 is 5.32 Å². The molecule has 0 bridgehead atoms. The van der Waals surface area contributed by atoms with Gasteiger partial charge in [0.1, 0.15) is 0 Å². The quantitative estimate of drug-likeness (QED) is 0.454. The number of carbonyl (C=O) groups excluding carboxylic acids is 2. The van der Waals surface area contributed by atoms with E-state index in [4.69, 9.17) is 4.74 Å². The first-order valence-electron chi connectivity index (χ1n) is 9.22. The predicted octanol–water partition coefficient (Wildman–Crippen LogP) is 4.98. The summed E-state index contributed by atoms with van der Waals surface area (Å²) < 4.78 is 5.13. The number of rotatable bonds is 7. The molecular formula is C23H23NO3S. The molecule has 0 aliphatic rings. The van der Waals surface area contributed by atoms with Gasteiger partial charge in [0, 0.05) is 10.6 Å². The van der Waals surface area contributed by atoms with Crippen LogP contribution in [0.4, 0.5) is 5.69 Å². The maximum Gasteiger partial charge on any atom is 0.316 e. The zero-order valence-electron chi connectivity index (χ0n) is 16.0. The van der Waals surface area contributed by atoms with Crippen molar-refractivity contribution in [2.45, 2.75) is 25.2 Å². The molecule has 0 radical (unpaired) electrons. The minimum atomic E-state index is -0.409. The fourth-order valence-corrected chi connectivity index (χ4v) is 3.71. The van der Waals surface area contributed by atoms with Crippen LogP contribution in [0.5, 0.6) is 0 Å². The fourth-order valence-electron chi connectivity index (χ4n) is 2.96. The molecule has 0 aliphatic carbocycles. The average molecular weight is 394 g/mol. The van der Waals surface area contributed by atoms with Gasteiger partial charge in [-0.25, -0.2) is 0 Å². The summed E-state index contributed by atoms with van der Waals surface area (Å²) in [6.07, 6.45) is 0.819. The van der Waals surface area contributed by atoms with Crippen LogP contribution in [0.1, 0.15) is 18.1 Å². The van der Waals surface area contributed by atoms with Gasteiger partial charge in [-0.15, -0.1) is 11.8 Å². The first-order valence-corrected chi connectivity index (χ1v) is 10.2. The largest absolute Gasteiger partial charge is 0.455 e. The molecule has 0 unspecified atom stereocenters. The van der Waals surface area contributed by atoms with E-state index in [0.717, 1.165) is 38.9 Å². The second-order valence-corrected chi connectivity index (χ2v) is 7.52. The van der Waals surface area contributed by atoms with E-state index < -0.39 is 5.97 Å². The number of hydrogen-bond donors (Lipinski definition) is 1. The number of nitrogens with one attached hydrogen (secondary N) is 1. The number of ether oxygens (including phenoxy) is 1. The maximum absolute atomic E-state index is 12.2. The van der Waals surface area contributed by atoms with Gasteiger partial charge in [0.25, 0.3) is 5.91 Å². The third-order valence-electron chi connectivity index (χ3n) is 4.45. The summed E-state index contributed by atoms with van der Waals surface area (Å²) in [5.41, 5.74) is 2.86. The van der Waals surface area contributed by atoms with Crippen molar-refractivity contribution in [1.29, 1.82) is 0 Å². The third-order valence-corrected chi connectivity index (χ3v) is 5.41. The van der Waals surface area contributed by atoms with Crippen molar-refractivity contribution in [2.24, 2.45) is 0 Å². The smallest absolute Gasteiger partial charge is 0.316 e. The molecule has 144 valence electrons. The number of anilines is 1. The first kappa shape index (κ1) is 20.0. The standard InChI is InChI=1S/C23H23NO3S/c1-3-17-10-6-7-16(2)23(17)24-21(25)14-27-22(26)15-28-20-12-11-18-8-4-5-9-19(18)13-20/h4-13H,3,14-15H2,1-2H3,(H,24,25). The van der Waals surface area contributed by atoms with Gasteiger partial charge in [0.05, 0.1) is 5.75 Å². The molecule has 1 amide bonds.